The molecule has 0 aliphatic carbocycles. The molecule has 0 aromatic carbocycles. The van der Waals surface area contributed by atoms with Crippen LogP contribution in [0.15, 0.2) is 5.38 Å². The molecule has 3 N–H and O–H groups in total. The Morgan fingerprint density at radius 1 is 1.56 bits per heavy atom. The van der Waals surface area contributed by atoms with Crippen LogP contribution in [0.4, 0.5) is 0 Å². The fourth-order valence-corrected chi connectivity index (χ4v) is 1.93. The van der Waals surface area contributed by atoms with Gasteiger partial charge in [0.1, 0.15) is 10.7 Å². The van der Waals surface area contributed by atoms with E-state index in [9.17, 15) is 4.79 Å². The Balaban J connectivity index is 2.23. The lowest BCUT2D eigenvalue weighted by Gasteiger charge is -2.04. The summed E-state index contributed by atoms with van der Waals surface area (Å²) in [6.45, 7) is 3.83. The zero-order valence-electron chi connectivity index (χ0n) is 10.6. The molecule has 1 heterocycles. The second kappa shape index (κ2) is 8.15. The Bertz CT molecular complexity index is 368. The molecule has 0 spiro atoms. The van der Waals surface area contributed by atoms with Crippen LogP contribution in [-0.2, 0) is 9.47 Å². The molecule has 0 bridgehead atoms. The third-order valence-electron chi connectivity index (χ3n) is 2.11. The lowest BCUT2D eigenvalue weighted by molar-refractivity contribution is 0.0692. The van der Waals surface area contributed by atoms with Gasteiger partial charge in [-0.25, -0.2) is 4.98 Å². The van der Waals surface area contributed by atoms with Gasteiger partial charge in [-0.2, -0.15) is 0 Å². The summed E-state index contributed by atoms with van der Waals surface area (Å²) in [6, 6.07) is -0.145. The maximum Gasteiger partial charge on any atom is 0.270 e. The van der Waals surface area contributed by atoms with Crippen LogP contribution in [0.3, 0.4) is 0 Å². The number of carbonyl (C=O) groups is 1. The van der Waals surface area contributed by atoms with Crippen LogP contribution >= 0.6 is 11.3 Å². The minimum absolute atomic E-state index is 0.145. The number of hydrogen-bond acceptors (Lipinski definition) is 6. The van der Waals surface area contributed by atoms with Crippen molar-refractivity contribution in [3.05, 3.63) is 16.1 Å². The summed E-state index contributed by atoms with van der Waals surface area (Å²) in [5.41, 5.74) is 6.09. The van der Waals surface area contributed by atoms with Gasteiger partial charge < -0.3 is 20.5 Å². The number of thiazole rings is 1. The van der Waals surface area contributed by atoms with E-state index in [1.54, 1.807) is 12.5 Å². The Kier molecular flexibility index (Phi) is 6.81. The predicted molar refractivity (Wildman–Crippen MR) is 69.7 cm³/mol. The second-order valence-corrected chi connectivity index (χ2v) is 4.61. The van der Waals surface area contributed by atoms with E-state index in [0.29, 0.717) is 32.1 Å². The van der Waals surface area contributed by atoms with Gasteiger partial charge in [0, 0.05) is 19.0 Å². The van der Waals surface area contributed by atoms with Gasteiger partial charge in [0.25, 0.3) is 5.91 Å². The number of ether oxygens (including phenoxy) is 2. The molecule has 1 aromatic rings. The summed E-state index contributed by atoms with van der Waals surface area (Å²) in [5, 5.41) is 5.20. The number of rotatable bonds is 8. The third-order valence-corrected chi connectivity index (χ3v) is 3.15. The van der Waals surface area contributed by atoms with Crippen molar-refractivity contribution in [1.29, 1.82) is 0 Å². The Morgan fingerprint density at radius 2 is 2.33 bits per heavy atom. The molecule has 0 saturated carbocycles. The maximum atomic E-state index is 11.7. The first kappa shape index (κ1) is 15.0. The van der Waals surface area contributed by atoms with Crippen LogP contribution in [0.2, 0.25) is 0 Å². The standard InChI is InChI=1S/C11H19N3O3S/c1-8(12)11-14-9(7-18-11)10(15)13-3-4-17-6-5-16-2/h7-8H,3-6,12H2,1-2H3,(H,13,15). The first-order valence-corrected chi connectivity index (χ1v) is 6.59. The highest BCUT2D eigenvalue weighted by Crippen LogP contribution is 2.15. The smallest absolute Gasteiger partial charge is 0.270 e. The summed E-state index contributed by atoms with van der Waals surface area (Å²) in [5.74, 6) is -0.200. The van der Waals surface area contributed by atoms with Crippen molar-refractivity contribution in [3.8, 4) is 0 Å². The summed E-state index contributed by atoms with van der Waals surface area (Å²) < 4.78 is 10.1. The number of hydrogen-bond donors (Lipinski definition) is 2. The lowest BCUT2D eigenvalue weighted by Crippen LogP contribution is -2.28. The van der Waals surface area contributed by atoms with E-state index >= 15 is 0 Å². The average molecular weight is 273 g/mol. The summed E-state index contributed by atoms with van der Waals surface area (Å²) in [7, 11) is 1.61. The van der Waals surface area contributed by atoms with Crippen LogP contribution in [0.5, 0.6) is 0 Å². The van der Waals surface area contributed by atoms with Gasteiger partial charge in [0.15, 0.2) is 0 Å². The molecule has 0 fully saturated rings. The van der Waals surface area contributed by atoms with Crippen LogP contribution in [0, 0.1) is 0 Å². The van der Waals surface area contributed by atoms with Crippen LogP contribution in [0.1, 0.15) is 28.5 Å². The molecule has 0 aliphatic rings. The van der Waals surface area contributed by atoms with Gasteiger partial charge in [-0.05, 0) is 6.92 Å². The lowest BCUT2D eigenvalue weighted by atomic mass is 10.4. The van der Waals surface area contributed by atoms with E-state index in [-0.39, 0.29) is 11.9 Å². The molecule has 102 valence electrons. The number of carbonyl (C=O) groups excluding carboxylic acids is 1. The highest BCUT2D eigenvalue weighted by atomic mass is 32.1. The maximum absolute atomic E-state index is 11.7. The molecule has 0 radical (unpaired) electrons. The van der Waals surface area contributed by atoms with E-state index in [1.165, 1.54) is 11.3 Å². The Hall–Kier alpha value is -1.02. The van der Waals surface area contributed by atoms with E-state index in [2.05, 4.69) is 10.3 Å². The van der Waals surface area contributed by atoms with Crippen molar-refractivity contribution in [1.82, 2.24) is 10.3 Å². The monoisotopic (exact) mass is 273 g/mol. The fourth-order valence-electron chi connectivity index (χ4n) is 1.17. The minimum Gasteiger partial charge on any atom is -0.382 e. The molecule has 18 heavy (non-hydrogen) atoms. The number of methoxy groups -OCH3 is 1. The molecular weight excluding hydrogens is 254 g/mol. The third kappa shape index (κ3) is 5.09. The highest BCUT2D eigenvalue weighted by Gasteiger charge is 2.11. The van der Waals surface area contributed by atoms with E-state index in [0.717, 1.165) is 5.01 Å². The van der Waals surface area contributed by atoms with Crippen molar-refractivity contribution in [2.45, 2.75) is 13.0 Å². The SMILES string of the molecule is COCCOCCNC(=O)c1csc(C(C)N)n1. The molecule has 1 aromatic heterocycles. The molecule has 1 amide bonds. The number of amides is 1. The van der Waals surface area contributed by atoms with Crippen LogP contribution in [0.25, 0.3) is 0 Å². The molecule has 0 saturated heterocycles. The molecule has 1 unspecified atom stereocenters. The highest BCUT2D eigenvalue weighted by molar-refractivity contribution is 7.09. The summed E-state index contributed by atoms with van der Waals surface area (Å²) in [6.07, 6.45) is 0. The molecule has 0 aliphatic heterocycles. The van der Waals surface area contributed by atoms with Gasteiger partial charge in [0.2, 0.25) is 0 Å². The molecular formula is C11H19N3O3S. The van der Waals surface area contributed by atoms with E-state index < -0.39 is 0 Å². The largest absolute Gasteiger partial charge is 0.382 e. The van der Waals surface area contributed by atoms with Gasteiger partial charge in [0.05, 0.1) is 25.9 Å². The predicted octanol–water partition coefficient (Wildman–Crippen LogP) is 0.556. The van der Waals surface area contributed by atoms with Gasteiger partial charge in [-0.1, -0.05) is 0 Å². The van der Waals surface area contributed by atoms with Crippen molar-refractivity contribution >= 4 is 17.2 Å². The normalized spacial score (nSPS) is 12.4. The fraction of sp³-hybridized carbons (Fsp3) is 0.636. The number of nitrogens with zero attached hydrogens (tertiary/aromatic N) is 1. The molecule has 6 nitrogen and oxygen atoms in total. The minimum atomic E-state index is -0.200. The molecule has 1 rings (SSSR count). The van der Waals surface area contributed by atoms with Crippen molar-refractivity contribution in [2.24, 2.45) is 5.73 Å². The van der Waals surface area contributed by atoms with Gasteiger partial charge in [-0.15, -0.1) is 11.3 Å². The number of nitrogens with two attached hydrogens (primary N) is 1. The quantitative estimate of drug-likeness (QED) is 0.676. The Labute approximate surface area is 110 Å². The zero-order chi connectivity index (χ0) is 13.4. The van der Waals surface area contributed by atoms with Crippen molar-refractivity contribution in [2.75, 3.05) is 33.5 Å². The van der Waals surface area contributed by atoms with Crippen LogP contribution < -0.4 is 11.1 Å². The van der Waals surface area contributed by atoms with Crippen molar-refractivity contribution < 1.29 is 14.3 Å². The molecule has 1 atom stereocenters. The Morgan fingerprint density at radius 3 is 2.94 bits per heavy atom. The van der Waals surface area contributed by atoms with E-state index in [4.69, 9.17) is 15.2 Å². The number of aromatic nitrogens is 1. The van der Waals surface area contributed by atoms with Crippen LogP contribution in [-0.4, -0.2) is 44.4 Å². The first-order valence-electron chi connectivity index (χ1n) is 5.71. The van der Waals surface area contributed by atoms with Gasteiger partial charge in [-0.3, -0.25) is 4.79 Å². The average Bonchev–Trinajstić information content (AvgIpc) is 2.83. The van der Waals surface area contributed by atoms with Crippen molar-refractivity contribution in [3.63, 3.8) is 0 Å². The van der Waals surface area contributed by atoms with E-state index in [1.807, 2.05) is 6.92 Å². The van der Waals surface area contributed by atoms with Gasteiger partial charge >= 0.3 is 0 Å². The number of nitrogens with one attached hydrogen (secondary N) is 1. The molecule has 7 heteroatoms. The topological polar surface area (TPSA) is 86.5 Å². The second-order valence-electron chi connectivity index (χ2n) is 3.72. The first-order chi connectivity index (χ1) is 8.65. The summed E-state index contributed by atoms with van der Waals surface area (Å²) in [4.78, 5) is 15.8. The zero-order valence-corrected chi connectivity index (χ0v) is 11.5. The summed E-state index contributed by atoms with van der Waals surface area (Å²) >= 11 is 1.39.